The first-order valence-corrected chi connectivity index (χ1v) is 6.17. The van der Waals surface area contributed by atoms with Gasteiger partial charge in [-0.05, 0) is 29.8 Å². The monoisotopic (exact) mass is 257 g/mol. The Morgan fingerprint density at radius 3 is 2.50 bits per heavy atom. The number of rotatable bonds is 3. The molecule has 0 unspecified atom stereocenters. The third-order valence-electron chi connectivity index (χ3n) is 2.89. The van der Waals surface area contributed by atoms with Crippen LogP contribution in [0.1, 0.15) is 5.56 Å². The minimum absolute atomic E-state index is 0.458. The smallest absolute Gasteiger partial charge is 0.199 e. The highest BCUT2D eigenvalue weighted by molar-refractivity contribution is 6.30. The molecule has 0 aliphatic rings. The zero-order chi connectivity index (χ0) is 12.4. The highest BCUT2D eigenvalue weighted by Crippen LogP contribution is 2.30. The van der Waals surface area contributed by atoms with Crippen molar-refractivity contribution in [3.63, 3.8) is 0 Å². The summed E-state index contributed by atoms with van der Waals surface area (Å²) in [5, 5.41) is 4.85. The van der Waals surface area contributed by atoms with Gasteiger partial charge >= 0.3 is 0 Å². The fourth-order valence-corrected chi connectivity index (χ4v) is 2.23. The van der Waals surface area contributed by atoms with Crippen molar-refractivity contribution in [3.05, 3.63) is 65.4 Å². The number of halogens is 1. The summed E-state index contributed by atoms with van der Waals surface area (Å²) in [5.74, 6) is 0. The molecule has 0 aliphatic heterocycles. The van der Waals surface area contributed by atoms with Crippen molar-refractivity contribution < 1.29 is 4.42 Å². The van der Waals surface area contributed by atoms with E-state index in [9.17, 15) is 0 Å². The summed E-state index contributed by atoms with van der Waals surface area (Å²) in [5.41, 5.74) is 2.89. The van der Waals surface area contributed by atoms with Gasteiger partial charge in [0.2, 0.25) is 0 Å². The Kier molecular flexibility index (Phi) is 2.95. The Balaban J connectivity index is 1.89. The van der Waals surface area contributed by atoms with E-state index in [0.717, 1.165) is 22.2 Å². The van der Waals surface area contributed by atoms with Gasteiger partial charge in [0.25, 0.3) is 0 Å². The summed E-state index contributed by atoms with van der Waals surface area (Å²) in [6.07, 6.45) is 0. The minimum Gasteiger partial charge on any atom is -0.444 e. The van der Waals surface area contributed by atoms with Crippen LogP contribution < -0.4 is 5.32 Å². The van der Waals surface area contributed by atoms with Gasteiger partial charge in [-0.25, -0.2) is 0 Å². The molecule has 0 atom stereocenters. The van der Waals surface area contributed by atoms with Crippen molar-refractivity contribution in [3.8, 4) is 0 Å². The van der Waals surface area contributed by atoms with Gasteiger partial charge in [0.05, 0.1) is 0 Å². The number of para-hydroxylation sites is 2. The van der Waals surface area contributed by atoms with E-state index in [4.69, 9.17) is 16.0 Å². The maximum atomic E-state index is 6.13. The molecule has 1 aromatic heterocycles. The molecule has 1 N–H and O–H groups in total. The molecular weight excluding hydrogens is 246 g/mol. The minimum atomic E-state index is 0.458. The number of hydrogen-bond donors (Lipinski definition) is 1. The Hall–Kier alpha value is -1.93. The number of fused-ring (bicyclic) bond motifs is 1. The van der Waals surface area contributed by atoms with Gasteiger partial charge in [0.1, 0.15) is 5.58 Å². The third kappa shape index (κ3) is 2.07. The van der Waals surface area contributed by atoms with E-state index in [0.29, 0.717) is 11.8 Å². The molecule has 2 aromatic carbocycles. The summed E-state index contributed by atoms with van der Waals surface area (Å²) >= 11 is 6.13. The standard InChI is InChI=1S/C15H12ClNO/c16-15-13(10-17-11-6-2-1-3-7-11)12-8-4-5-9-14(12)18-15/h1-9,17H,10H2. The van der Waals surface area contributed by atoms with E-state index in [-0.39, 0.29) is 0 Å². The molecule has 0 amide bonds. The summed E-state index contributed by atoms with van der Waals surface area (Å²) in [6.45, 7) is 0.653. The lowest BCUT2D eigenvalue weighted by Crippen LogP contribution is -1.98. The van der Waals surface area contributed by atoms with Crippen LogP contribution in [0.25, 0.3) is 11.0 Å². The van der Waals surface area contributed by atoms with E-state index in [2.05, 4.69) is 5.32 Å². The summed E-state index contributed by atoms with van der Waals surface area (Å²) in [4.78, 5) is 0. The number of anilines is 1. The molecule has 3 aromatic rings. The Morgan fingerprint density at radius 1 is 0.944 bits per heavy atom. The zero-order valence-corrected chi connectivity index (χ0v) is 10.4. The van der Waals surface area contributed by atoms with Gasteiger partial charge in [-0.2, -0.15) is 0 Å². The van der Waals surface area contributed by atoms with Crippen LogP contribution in [0, 0.1) is 0 Å². The Bertz CT molecular complexity index is 661. The van der Waals surface area contributed by atoms with Gasteiger partial charge < -0.3 is 9.73 Å². The second-order valence-corrected chi connectivity index (χ2v) is 4.41. The second kappa shape index (κ2) is 4.75. The topological polar surface area (TPSA) is 25.2 Å². The molecule has 0 aliphatic carbocycles. The van der Waals surface area contributed by atoms with Gasteiger partial charge in [0.15, 0.2) is 5.22 Å². The SMILES string of the molecule is Clc1oc2ccccc2c1CNc1ccccc1. The van der Waals surface area contributed by atoms with E-state index < -0.39 is 0 Å². The van der Waals surface area contributed by atoms with E-state index in [1.165, 1.54) is 0 Å². The average molecular weight is 258 g/mol. The Labute approximate surface area is 110 Å². The van der Waals surface area contributed by atoms with Gasteiger partial charge in [0, 0.05) is 23.2 Å². The normalized spacial score (nSPS) is 10.7. The maximum Gasteiger partial charge on any atom is 0.199 e. The molecule has 3 heteroatoms. The van der Waals surface area contributed by atoms with Crippen LogP contribution >= 0.6 is 11.6 Å². The number of furan rings is 1. The van der Waals surface area contributed by atoms with E-state index in [1.807, 2.05) is 54.6 Å². The van der Waals surface area contributed by atoms with Crippen molar-refractivity contribution in [2.24, 2.45) is 0 Å². The molecular formula is C15H12ClNO. The summed E-state index contributed by atoms with van der Waals surface area (Å²) < 4.78 is 5.51. The third-order valence-corrected chi connectivity index (χ3v) is 3.20. The highest BCUT2D eigenvalue weighted by Gasteiger charge is 2.11. The molecule has 0 saturated carbocycles. The first-order chi connectivity index (χ1) is 8.84. The van der Waals surface area contributed by atoms with Gasteiger partial charge in [-0.15, -0.1) is 0 Å². The lowest BCUT2D eigenvalue weighted by molar-refractivity contribution is 0.613. The highest BCUT2D eigenvalue weighted by atomic mass is 35.5. The molecule has 0 fully saturated rings. The van der Waals surface area contributed by atoms with Crippen LogP contribution in [-0.2, 0) is 6.54 Å². The van der Waals surface area contributed by atoms with Crippen LogP contribution in [0.2, 0.25) is 5.22 Å². The second-order valence-electron chi connectivity index (χ2n) is 4.07. The molecule has 2 nitrogen and oxygen atoms in total. The van der Waals surface area contributed by atoms with Crippen molar-refractivity contribution >= 4 is 28.3 Å². The first kappa shape index (κ1) is 11.2. The molecule has 90 valence electrons. The average Bonchev–Trinajstić information content (AvgIpc) is 2.73. The van der Waals surface area contributed by atoms with E-state index in [1.54, 1.807) is 0 Å². The van der Waals surface area contributed by atoms with Crippen molar-refractivity contribution in [1.29, 1.82) is 0 Å². The molecule has 0 spiro atoms. The van der Waals surface area contributed by atoms with Crippen LogP contribution in [0.15, 0.2) is 59.0 Å². The molecule has 18 heavy (non-hydrogen) atoms. The molecule has 0 radical (unpaired) electrons. The predicted molar refractivity (Wildman–Crippen MR) is 75.0 cm³/mol. The molecule has 0 bridgehead atoms. The molecule has 0 saturated heterocycles. The lowest BCUT2D eigenvalue weighted by Gasteiger charge is -2.04. The summed E-state index contributed by atoms with van der Waals surface area (Å²) in [6, 6.07) is 17.9. The van der Waals surface area contributed by atoms with Crippen molar-refractivity contribution in [2.45, 2.75) is 6.54 Å². The van der Waals surface area contributed by atoms with Gasteiger partial charge in [-0.3, -0.25) is 0 Å². The van der Waals surface area contributed by atoms with Crippen LogP contribution in [-0.4, -0.2) is 0 Å². The van der Waals surface area contributed by atoms with Crippen molar-refractivity contribution in [1.82, 2.24) is 0 Å². The van der Waals surface area contributed by atoms with E-state index >= 15 is 0 Å². The number of nitrogens with one attached hydrogen (secondary N) is 1. The zero-order valence-electron chi connectivity index (χ0n) is 9.69. The van der Waals surface area contributed by atoms with Crippen LogP contribution in [0.4, 0.5) is 5.69 Å². The van der Waals surface area contributed by atoms with Crippen LogP contribution in [0.5, 0.6) is 0 Å². The fourth-order valence-electron chi connectivity index (χ4n) is 1.98. The molecule has 3 rings (SSSR count). The fraction of sp³-hybridized carbons (Fsp3) is 0.0667. The van der Waals surface area contributed by atoms with Crippen molar-refractivity contribution in [2.75, 3.05) is 5.32 Å². The lowest BCUT2D eigenvalue weighted by atomic mass is 10.2. The molecule has 1 heterocycles. The number of benzene rings is 2. The predicted octanol–water partition coefficient (Wildman–Crippen LogP) is 4.70. The quantitative estimate of drug-likeness (QED) is 0.736. The summed E-state index contributed by atoms with van der Waals surface area (Å²) in [7, 11) is 0. The Morgan fingerprint density at radius 2 is 1.67 bits per heavy atom. The van der Waals surface area contributed by atoms with Crippen LogP contribution in [0.3, 0.4) is 0 Å². The largest absolute Gasteiger partial charge is 0.444 e. The maximum absolute atomic E-state index is 6.13. The first-order valence-electron chi connectivity index (χ1n) is 5.79. The number of hydrogen-bond acceptors (Lipinski definition) is 2. The van der Waals surface area contributed by atoms with Gasteiger partial charge in [-0.1, -0.05) is 36.4 Å².